The largest absolute Gasteiger partial charge is 0.339 e. The smallest absolute Gasteiger partial charge is 0.242 e. The number of piperazine rings is 1. The average Bonchev–Trinajstić information content (AvgIpc) is 3.38. The van der Waals surface area contributed by atoms with Gasteiger partial charge in [0.15, 0.2) is 0 Å². The van der Waals surface area contributed by atoms with Crippen molar-refractivity contribution < 1.29 is 13.2 Å². The Labute approximate surface area is 235 Å². The van der Waals surface area contributed by atoms with Gasteiger partial charge in [-0.2, -0.15) is 0 Å². The molecule has 6 rings (SSSR count). The summed E-state index contributed by atoms with van der Waals surface area (Å²) in [5, 5.41) is 0.623. The molecular formula is C33H31N3O3S. The number of aromatic nitrogens is 1. The maximum Gasteiger partial charge on any atom is 0.242 e. The lowest BCUT2D eigenvalue weighted by molar-refractivity contribution is -0.133. The fourth-order valence-corrected chi connectivity index (χ4v) is 7.14. The number of para-hydroxylation sites is 1. The van der Waals surface area contributed by atoms with Gasteiger partial charge in [-0.3, -0.25) is 9.69 Å². The first-order chi connectivity index (χ1) is 19.5. The second-order valence-corrected chi connectivity index (χ2v) is 12.0. The Kier molecular flexibility index (Phi) is 7.24. The Bertz CT molecular complexity index is 1670. The van der Waals surface area contributed by atoms with Crippen molar-refractivity contribution in [3.05, 3.63) is 133 Å². The van der Waals surface area contributed by atoms with E-state index in [-0.39, 0.29) is 28.3 Å². The predicted octanol–water partition coefficient (Wildman–Crippen LogP) is 5.41. The second-order valence-electron chi connectivity index (χ2n) is 10.1. The predicted molar refractivity (Wildman–Crippen MR) is 157 cm³/mol. The average molecular weight is 550 g/mol. The molecule has 6 nitrogen and oxygen atoms in total. The van der Waals surface area contributed by atoms with Crippen LogP contribution in [0.15, 0.2) is 131 Å². The molecule has 4 aromatic carbocycles. The van der Waals surface area contributed by atoms with E-state index in [0.29, 0.717) is 18.5 Å². The van der Waals surface area contributed by atoms with E-state index >= 15 is 0 Å². The van der Waals surface area contributed by atoms with E-state index in [1.54, 1.807) is 47.2 Å². The van der Waals surface area contributed by atoms with E-state index in [1.807, 2.05) is 35.2 Å². The molecule has 40 heavy (non-hydrogen) atoms. The molecule has 1 aliphatic rings. The number of fused-ring (bicyclic) bond motifs is 1. The standard InChI is InChI=1S/C33H31N3O3S/c37-32(25-36-24-31(29-18-10-11-19-30(29)36)40(38,39)28-16-8-3-9-17-28)34-20-22-35(23-21-34)33(26-12-4-1-5-13-26)27-14-6-2-7-15-27/h1-19,24,33H,20-23,25H2. The highest BCUT2D eigenvalue weighted by atomic mass is 32.2. The van der Waals surface area contributed by atoms with Crippen molar-refractivity contribution in [2.75, 3.05) is 26.2 Å². The van der Waals surface area contributed by atoms with E-state index in [0.717, 1.165) is 18.6 Å². The zero-order valence-corrected chi connectivity index (χ0v) is 23.0. The van der Waals surface area contributed by atoms with Crippen molar-refractivity contribution in [2.24, 2.45) is 0 Å². The molecule has 0 atom stereocenters. The molecule has 7 heteroatoms. The number of benzene rings is 4. The third-order valence-electron chi connectivity index (χ3n) is 7.66. The van der Waals surface area contributed by atoms with Crippen LogP contribution in [0.1, 0.15) is 17.2 Å². The van der Waals surface area contributed by atoms with Gasteiger partial charge in [0.05, 0.1) is 15.8 Å². The van der Waals surface area contributed by atoms with Crippen LogP contribution in [-0.4, -0.2) is 54.9 Å². The quantitative estimate of drug-likeness (QED) is 0.273. The number of nitrogens with zero attached hydrogens (tertiary/aromatic N) is 3. The summed E-state index contributed by atoms with van der Waals surface area (Å²) in [6.07, 6.45) is 1.61. The first kappa shape index (κ1) is 26.0. The van der Waals surface area contributed by atoms with Crippen molar-refractivity contribution in [3.63, 3.8) is 0 Å². The van der Waals surface area contributed by atoms with E-state index in [2.05, 4.69) is 53.4 Å². The van der Waals surface area contributed by atoms with Crippen molar-refractivity contribution in [1.82, 2.24) is 14.4 Å². The minimum atomic E-state index is -3.73. The van der Waals surface area contributed by atoms with E-state index in [9.17, 15) is 13.2 Å². The van der Waals surface area contributed by atoms with Crippen LogP contribution in [0.3, 0.4) is 0 Å². The van der Waals surface area contributed by atoms with Gasteiger partial charge >= 0.3 is 0 Å². The lowest BCUT2D eigenvalue weighted by Gasteiger charge is -2.40. The fraction of sp³-hybridized carbons (Fsp3) is 0.182. The third kappa shape index (κ3) is 5.06. The van der Waals surface area contributed by atoms with E-state index in [4.69, 9.17) is 0 Å². The number of carbonyl (C=O) groups excluding carboxylic acids is 1. The van der Waals surface area contributed by atoms with Crippen LogP contribution < -0.4 is 0 Å². The number of carbonyl (C=O) groups is 1. The number of hydrogen-bond donors (Lipinski definition) is 0. The van der Waals surface area contributed by atoms with Crippen molar-refractivity contribution in [2.45, 2.75) is 22.4 Å². The van der Waals surface area contributed by atoms with Crippen molar-refractivity contribution in [1.29, 1.82) is 0 Å². The van der Waals surface area contributed by atoms with Crippen LogP contribution in [0.5, 0.6) is 0 Å². The Balaban J connectivity index is 1.21. The molecule has 1 aromatic heterocycles. The maximum absolute atomic E-state index is 13.5. The number of sulfone groups is 1. The monoisotopic (exact) mass is 549 g/mol. The van der Waals surface area contributed by atoms with Gasteiger partial charge in [-0.15, -0.1) is 0 Å². The molecule has 0 aliphatic carbocycles. The topological polar surface area (TPSA) is 62.6 Å². The highest BCUT2D eigenvalue weighted by molar-refractivity contribution is 7.91. The van der Waals surface area contributed by atoms with Crippen LogP contribution in [0, 0.1) is 0 Å². The summed E-state index contributed by atoms with van der Waals surface area (Å²) in [6.45, 7) is 2.82. The molecule has 0 spiro atoms. The molecule has 1 fully saturated rings. The molecule has 0 bridgehead atoms. The maximum atomic E-state index is 13.5. The zero-order chi connectivity index (χ0) is 27.5. The van der Waals surface area contributed by atoms with Gasteiger partial charge < -0.3 is 9.47 Å². The fourth-order valence-electron chi connectivity index (χ4n) is 5.64. The van der Waals surface area contributed by atoms with Gasteiger partial charge in [-0.1, -0.05) is 97.1 Å². The summed E-state index contributed by atoms with van der Waals surface area (Å²) in [6, 6.07) is 36.9. The highest BCUT2D eigenvalue weighted by Crippen LogP contribution is 2.31. The van der Waals surface area contributed by atoms with Gasteiger partial charge in [0.1, 0.15) is 6.54 Å². The zero-order valence-electron chi connectivity index (χ0n) is 22.1. The van der Waals surface area contributed by atoms with E-state index < -0.39 is 9.84 Å². The number of hydrogen-bond acceptors (Lipinski definition) is 4. The minimum absolute atomic E-state index is 0.0139. The SMILES string of the molecule is O=C(Cn1cc(S(=O)(=O)c2ccccc2)c2ccccc21)N1CCN(C(c2ccccc2)c2ccccc2)CC1. The molecule has 1 aliphatic heterocycles. The summed E-state index contributed by atoms with van der Waals surface area (Å²) in [7, 11) is -3.73. The van der Waals surface area contributed by atoms with E-state index in [1.165, 1.54) is 11.1 Å². The highest BCUT2D eigenvalue weighted by Gasteiger charge is 2.29. The number of amides is 1. The lowest BCUT2D eigenvalue weighted by Crippen LogP contribution is -2.50. The summed E-state index contributed by atoms with van der Waals surface area (Å²) in [4.78, 5) is 18.3. The normalized spacial score (nSPS) is 14.6. The van der Waals surface area contributed by atoms with Gasteiger partial charge in [0, 0.05) is 43.3 Å². The van der Waals surface area contributed by atoms with Crippen LogP contribution in [0.25, 0.3) is 10.9 Å². The minimum Gasteiger partial charge on any atom is -0.339 e. The lowest BCUT2D eigenvalue weighted by atomic mass is 9.96. The van der Waals surface area contributed by atoms with Crippen LogP contribution >= 0.6 is 0 Å². The molecule has 0 N–H and O–H groups in total. The molecule has 5 aromatic rings. The Hall–Kier alpha value is -4.20. The molecular weight excluding hydrogens is 518 g/mol. The summed E-state index contributed by atoms with van der Waals surface area (Å²) in [5.41, 5.74) is 3.20. The van der Waals surface area contributed by atoms with Crippen LogP contribution in [0.2, 0.25) is 0 Å². The summed E-state index contributed by atoms with van der Waals surface area (Å²) >= 11 is 0. The molecule has 202 valence electrons. The molecule has 0 saturated carbocycles. The van der Waals surface area contributed by atoms with Crippen LogP contribution in [0.4, 0.5) is 0 Å². The molecule has 1 saturated heterocycles. The van der Waals surface area contributed by atoms with Crippen LogP contribution in [-0.2, 0) is 21.2 Å². The molecule has 1 amide bonds. The van der Waals surface area contributed by atoms with Crippen molar-refractivity contribution >= 4 is 26.6 Å². The van der Waals surface area contributed by atoms with Gasteiger partial charge in [-0.25, -0.2) is 8.42 Å². The van der Waals surface area contributed by atoms with Gasteiger partial charge in [-0.05, 0) is 29.3 Å². The summed E-state index contributed by atoms with van der Waals surface area (Å²) in [5.74, 6) is -0.0139. The first-order valence-electron chi connectivity index (χ1n) is 13.5. The molecule has 0 unspecified atom stereocenters. The van der Waals surface area contributed by atoms with Gasteiger partial charge in [0.25, 0.3) is 0 Å². The Morgan fingerprint density at radius 2 is 1.20 bits per heavy atom. The third-order valence-corrected chi connectivity index (χ3v) is 9.46. The Morgan fingerprint density at radius 3 is 1.80 bits per heavy atom. The molecule has 0 radical (unpaired) electrons. The number of rotatable bonds is 7. The molecule has 2 heterocycles. The first-order valence-corrected chi connectivity index (χ1v) is 15.0. The van der Waals surface area contributed by atoms with Gasteiger partial charge in [0.2, 0.25) is 15.7 Å². The van der Waals surface area contributed by atoms with Crippen molar-refractivity contribution in [3.8, 4) is 0 Å². The second kappa shape index (κ2) is 11.1. The Morgan fingerprint density at radius 1 is 0.675 bits per heavy atom. The summed E-state index contributed by atoms with van der Waals surface area (Å²) < 4.78 is 28.7.